The molecule has 12 atom stereocenters. The van der Waals surface area contributed by atoms with Crippen LogP contribution in [0.5, 0.6) is 0 Å². The molecule has 0 bridgehead atoms. The summed E-state index contributed by atoms with van der Waals surface area (Å²) in [5.41, 5.74) is 1.31. The summed E-state index contributed by atoms with van der Waals surface area (Å²) in [4.78, 5) is 37.3. The zero-order valence-electron chi connectivity index (χ0n) is 40.8. The number of carbonyl (C=O) groups excluding carboxylic acids is 2. The number of aliphatic hydroxyl groups excluding tert-OH is 2. The number of aliphatic hydroxyl groups is 2. The second kappa shape index (κ2) is 34.7. The first kappa shape index (κ1) is 58.8. The van der Waals surface area contributed by atoms with Crippen LogP contribution in [0.25, 0.3) is 0 Å². The van der Waals surface area contributed by atoms with E-state index in [1.54, 1.807) is 24.3 Å². The van der Waals surface area contributed by atoms with Gasteiger partial charge >= 0.3 is 0 Å². The number of halogens is 3. The van der Waals surface area contributed by atoms with Gasteiger partial charge in [-0.05, 0) is 173 Å². The Morgan fingerprint density at radius 3 is 1.03 bits per heavy atom. The molecule has 66 heavy (non-hydrogen) atoms. The van der Waals surface area contributed by atoms with E-state index in [1.165, 1.54) is 103 Å². The van der Waals surface area contributed by atoms with Crippen LogP contribution in [0.2, 0.25) is 0 Å². The average Bonchev–Trinajstić information content (AvgIpc) is 4.23. The van der Waals surface area contributed by atoms with Crippen molar-refractivity contribution < 1.29 is 19.8 Å². The number of benzene rings is 2. The van der Waals surface area contributed by atoms with E-state index < -0.39 is 12.2 Å². The van der Waals surface area contributed by atoms with Gasteiger partial charge in [0.15, 0.2) is 12.2 Å². The second-order valence-electron chi connectivity index (χ2n) is 18.8. The van der Waals surface area contributed by atoms with Gasteiger partial charge in [0, 0.05) is 12.1 Å². The molecule has 5 aliphatic carbocycles. The molecule has 0 spiro atoms. The van der Waals surface area contributed by atoms with E-state index in [1.807, 2.05) is 49.1 Å². The molecule has 0 saturated heterocycles. The number of hydrogen-bond donors (Lipinski definition) is 4. The molecule has 370 valence electrons. The zero-order chi connectivity index (χ0) is 48.1. The zero-order valence-corrected chi connectivity index (χ0v) is 47.2. The van der Waals surface area contributed by atoms with Crippen LogP contribution in [0.1, 0.15) is 186 Å². The Morgan fingerprint density at radius 1 is 0.485 bits per heavy atom. The van der Waals surface area contributed by atoms with Crippen molar-refractivity contribution >= 4 is 92.3 Å². The number of nitrogens with one attached hydrogen (secondary N) is 2. The Bertz CT molecular complexity index is 1540. The summed E-state index contributed by atoms with van der Waals surface area (Å²) in [5, 5.41) is 26.0. The lowest BCUT2D eigenvalue weighted by atomic mass is 10.00. The molecule has 0 radical (unpaired) electrons. The van der Waals surface area contributed by atoms with Gasteiger partial charge in [-0.25, -0.2) is 0 Å². The van der Waals surface area contributed by atoms with Crippen LogP contribution in [-0.4, -0.2) is 64.9 Å². The summed E-state index contributed by atoms with van der Waals surface area (Å²) in [6.07, 6.45) is 23.1. The SMILES string of the molecule is CC[C@H]1CCC[C@@H]1N=CI.CC[C@H]1CCC[C@@H]1N=CI.CC[C@H]1CCC[C@@H]1N=CI.CC[C@H]1CCC[C@@H]1NC(=O)[C@H](O)c1ccccc1.CC[C@H]1CCC[C@@H]1NC(=O)[C@H](O)c1ccccc1. The Kier molecular flexibility index (Phi) is 31.0. The minimum atomic E-state index is -1.05. The highest BCUT2D eigenvalue weighted by atomic mass is 127. The van der Waals surface area contributed by atoms with Crippen molar-refractivity contribution in [1.29, 1.82) is 0 Å². The lowest BCUT2D eigenvalue weighted by Crippen LogP contribution is -2.40. The fraction of sp³-hybridized carbons (Fsp3) is 0.685. The second-order valence-corrected chi connectivity index (χ2v) is 20.5. The number of aliphatic imine (C=N–C) groups is 3. The highest BCUT2D eigenvalue weighted by molar-refractivity contribution is 14.1. The fourth-order valence-electron chi connectivity index (χ4n) is 10.8. The third-order valence-electron chi connectivity index (χ3n) is 14.9. The molecule has 0 aliphatic heterocycles. The molecule has 9 nitrogen and oxygen atoms in total. The van der Waals surface area contributed by atoms with Gasteiger partial charge in [-0.1, -0.05) is 159 Å². The van der Waals surface area contributed by atoms with Crippen molar-refractivity contribution in [1.82, 2.24) is 10.6 Å². The Labute approximate surface area is 440 Å². The number of hydrogen-bond acceptors (Lipinski definition) is 7. The van der Waals surface area contributed by atoms with Crippen LogP contribution in [0, 0.1) is 29.6 Å². The molecule has 0 unspecified atom stereocenters. The normalized spacial score (nSPS) is 28.9. The lowest BCUT2D eigenvalue weighted by molar-refractivity contribution is -0.131. The third-order valence-corrected chi connectivity index (χ3v) is 15.9. The van der Waals surface area contributed by atoms with E-state index in [0.29, 0.717) is 41.1 Å². The number of rotatable bonds is 14. The first-order valence-electron chi connectivity index (χ1n) is 25.5. The molecule has 0 heterocycles. The van der Waals surface area contributed by atoms with Gasteiger partial charge in [0.05, 0.1) is 30.8 Å². The standard InChI is InChI=1S/2C15H21NO2.3C8H14IN/c2*1-2-11-9-6-10-13(11)16-15(18)14(17)12-7-4-3-5-8-12;3*1-2-7-4-3-5-8(7)10-6-9/h2*3-5,7-8,11,13-14,17H,2,6,9-10H2,1H3,(H,16,18);3*6-8H,2-5H2,1H3/t2*11-,13-,14+;3*7-,8-/m00000/s1. The largest absolute Gasteiger partial charge is 0.378 e. The monoisotopic (exact) mass is 1250 g/mol. The third kappa shape index (κ3) is 20.5. The van der Waals surface area contributed by atoms with Crippen LogP contribution in [0.15, 0.2) is 75.6 Å². The summed E-state index contributed by atoms with van der Waals surface area (Å²) >= 11 is 6.64. The van der Waals surface area contributed by atoms with E-state index in [-0.39, 0.29) is 23.9 Å². The maximum atomic E-state index is 12.0. The van der Waals surface area contributed by atoms with Gasteiger partial charge in [-0.3, -0.25) is 24.6 Å². The summed E-state index contributed by atoms with van der Waals surface area (Å²) in [6, 6.07) is 20.6. The van der Waals surface area contributed by atoms with E-state index in [4.69, 9.17) is 0 Å². The highest BCUT2D eigenvalue weighted by Crippen LogP contribution is 2.33. The van der Waals surface area contributed by atoms with Crippen molar-refractivity contribution in [2.45, 2.75) is 205 Å². The van der Waals surface area contributed by atoms with Crippen LogP contribution in [0.4, 0.5) is 0 Å². The molecule has 12 heteroatoms. The van der Waals surface area contributed by atoms with Gasteiger partial charge in [0.2, 0.25) is 0 Å². The van der Waals surface area contributed by atoms with Gasteiger partial charge in [0.1, 0.15) is 0 Å². The van der Waals surface area contributed by atoms with Crippen LogP contribution in [-0.2, 0) is 9.59 Å². The molecule has 2 amide bonds. The van der Waals surface area contributed by atoms with Crippen LogP contribution < -0.4 is 10.6 Å². The molecule has 7 rings (SSSR count). The molecule has 4 N–H and O–H groups in total. The molecule has 5 saturated carbocycles. The first-order valence-corrected chi connectivity index (χ1v) is 29.2. The van der Waals surface area contributed by atoms with Gasteiger partial charge in [-0.15, -0.1) is 0 Å². The van der Waals surface area contributed by atoms with Gasteiger partial charge in [0.25, 0.3) is 11.8 Å². The van der Waals surface area contributed by atoms with Crippen molar-refractivity contribution in [2.24, 2.45) is 44.6 Å². The molecule has 0 aromatic heterocycles. The lowest BCUT2D eigenvalue weighted by Gasteiger charge is -2.21. The maximum Gasteiger partial charge on any atom is 0.253 e. The summed E-state index contributed by atoms with van der Waals surface area (Å²) in [7, 11) is 0. The van der Waals surface area contributed by atoms with Crippen molar-refractivity contribution in [2.75, 3.05) is 0 Å². The predicted octanol–water partition coefficient (Wildman–Crippen LogP) is 13.9. The molecular weight excluding hydrogens is 1160 g/mol. The van der Waals surface area contributed by atoms with E-state index in [0.717, 1.165) is 43.4 Å². The van der Waals surface area contributed by atoms with E-state index in [9.17, 15) is 19.8 Å². The van der Waals surface area contributed by atoms with E-state index >= 15 is 0 Å². The van der Waals surface area contributed by atoms with Crippen LogP contribution >= 0.6 is 67.8 Å². The minimum Gasteiger partial charge on any atom is -0.378 e. The quantitative estimate of drug-likeness (QED) is 0.111. The van der Waals surface area contributed by atoms with Crippen molar-refractivity contribution in [3.8, 4) is 0 Å². The number of nitrogens with zero attached hydrogens (tertiary/aromatic N) is 3. The maximum absolute atomic E-state index is 12.0. The highest BCUT2D eigenvalue weighted by Gasteiger charge is 2.31. The first-order chi connectivity index (χ1) is 32.1. The van der Waals surface area contributed by atoms with Crippen molar-refractivity contribution in [3.63, 3.8) is 0 Å². The van der Waals surface area contributed by atoms with E-state index in [2.05, 4.69) is 128 Å². The summed E-state index contributed by atoms with van der Waals surface area (Å²) < 4.78 is 5.78. The Balaban J connectivity index is 0.000000226. The minimum absolute atomic E-state index is 0.237. The number of amides is 2. The average molecular weight is 1250 g/mol. The van der Waals surface area contributed by atoms with Crippen LogP contribution in [0.3, 0.4) is 0 Å². The molecule has 2 aromatic carbocycles. The smallest absolute Gasteiger partial charge is 0.253 e. The predicted molar refractivity (Wildman–Crippen MR) is 304 cm³/mol. The summed E-state index contributed by atoms with van der Waals surface area (Å²) in [5.74, 6) is 3.23. The molecule has 5 fully saturated rings. The Hall–Kier alpha value is -1.50. The number of carbonyl (C=O) groups is 2. The summed E-state index contributed by atoms with van der Waals surface area (Å²) in [6.45, 7) is 11.1. The molecule has 5 aliphatic rings. The Morgan fingerprint density at radius 2 is 0.758 bits per heavy atom. The van der Waals surface area contributed by atoms with Gasteiger partial charge < -0.3 is 20.8 Å². The van der Waals surface area contributed by atoms with Gasteiger partial charge in [-0.2, -0.15) is 0 Å². The fourth-order valence-corrected chi connectivity index (χ4v) is 12.1. The topological polar surface area (TPSA) is 136 Å². The molecule has 2 aromatic rings. The molecular formula is C54H84I3N5O4. The van der Waals surface area contributed by atoms with Crippen molar-refractivity contribution in [3.05, 3.63) is 71.8 Å².